The van der Waals surface area contributed by atoms with E-state index in [1.165, 1.54) is 0 Å². The van der Waals surface area contributed by atoms with Gasteiger partial charge in [-0.2, -0.15) is 0 Å². The van der Waals surface area contributed by atoms with Crippen LogP contribution in [0.1, 0.15) is 18.4 Å². The first-order valence-electron chi connectivity index (χ1n) is 5.88. The average Bonchev–Trinajstić information content (AvgIpc) is 2.78. The average molecular weight is 235 g/mol. The van der Waals surface area contributed by atoms with Crippen molar-refractivity contribution >= 4 is 5.97 Å². The molecule has 0 aliphatic carbocycles. The van der Waals surface area contributed by atoms with Crippen molar-refractivity contribution in [3.05, 3.63) is 29.8 Å². The number of esters is 1. The minimum absolute atomic E-state index is 0.0844. The van der Waals surface area contributed by atoms with Crippen LogP contribution in [0.4, 0.5) is 0 Å². The van der Waals surface area contributed by atoms with Gasteiger partial charge in [-0.25, -0.2) is 0 Å². The molecular weight excluding hydrogens is 218 g/mol. The Balaban J connectivity index is 2.17. The summed E-state index contributed by atoms with van der Waals surface area (Å²) in [6.07, 6.45) is 0. The number of ether oxygens (including phenoxy) is 1. The quantitative estimate of drug-likeness (QED) is 0.774. The highest BCUT2D eigenvalue weighted by molar-refractivity contribution is 5.74. The summed E-state index contributed by atoms with van der Waals surface area (Å²) in [4.78, 5) is 11.8. The van der Waals surface area contributed by atoms with Crippen molar-refractivity contribution in [1.29, 1.82) is 0 Å². The molecule has 0 radical (unpaired) electrons. The molecular formula is C13H17NO3. The lowest BCUT2D eigenvalue weighted by Crippen LogP contribution is -2.24. The van der Waals surface area contributed by atoms with Gasteiger partial charge in [-0.05, 0) is 24.6 Å². The lowest BCUT2D eigenvalue weighted by atomic mass is 9.89. The molecule has 2 N–H and O–H groups in total. The summed E-state index contributed by atoms with van der Waals surface area (Å²) in [5.74, 6) is 0.000696. The van der Waals surface area contributed by atoms with Gasteiger partial charge in [-0.1, -0.05) is 12.1 Å². The maximum Gasteiger partial charge on any atom is 0.310 e. The lowest BCUT2D eigenvalue weighted by Gasteiger charge is -2.17. The minimum atomic E-state index is -0.161. The molecule has 0 amide bonds. The Morgan fingerprint density at radius 3 is 3.06 bits per heavy atom. The fourth-order valence-corrected chi connectivity index (χ4v) is 2.28. The van der Waals surface area contributed by atoms with E-state index < -0.39 is 0 Å². The van der Waals surface area contributed by atoms with Crippen LogP contribution in [0.5, 0.6) is 5.75 Å². The van der Waals surface area contributed by atoms with Gasteiger partial charge in [-0.15, -0.1) is 0 Å². The van der Waals surface area contributed by atoms with E-state index in [1.54, 1.807) is 18.2 Å². The van der Waals surface area contributed by atoms with E-state index in [1.807, 2.05) is 13.0 Å². The van der Waals surface area contributed by atoms with Gasteiger partial charge >= 0.3 is 5.97 Å². The van der Waals surface area contributed by atoms with Gasteiger partial charge < -0.3 is 15.2 Å². The predicted octanol–water partition coefficient (Wildman–Crippen LogP) is 1.26. The Bertz CT molecular complexity index is 405. The van der Waals surface area contributed by atoms with E-state index >= 15 is 0 Å². The van der Waals surface area contributed by atoms with Gasteiger partial charge in [-0.3, -0.25) is 4.79 Å². The highest BCUT2D eigenvalue weighted by Gasteiger charge is 2.35. The summed E-state index contributed by atoms with van der Waals surface area (Å²) >= 11 is 0. The highest BCUT2D eigenvalue weighted by atomic mass is 16.5. The van der Waals surface area contributed by atoms with Crippen molar-refractivity contribution in [2.24, 2.45) is 5.92 Å². The van der Waals surface area contributed by atoms with Crippen molar-refractivity contribution in [3.8, 4) is 5.75 Å². The maximum absolute atomic E-state index is 11.8. The van der Waals surface area contributed by atoms with Gasteiger partial charge in [0.15, 0.2) is 0 Å². The van der Waals surface area contributed by atoms with E-state index in [-0.39, 0.29) is 23.6 Å². The first-order chi connectivity index (χ1) is 8.22. The molecule has 2 atom stereocenters. The molecule has 0 aromatic heterocycles. The monoisotopic (exact) mass is 235 g/mol. The van der Waals surface area contributed by atoms with Crippen LogP contribution in [0.3, 0.4) is 0 Å². The van der Waals surface area contributed by atoms with Gasteiger partial charge in [0.05, 0.1) is 12.5 Å². The zero-order valence-corrected chi connectivity index (χ0v) is 9.85. The van der Waals surface area contributed by atoms with Crippen LogP contribution in [0.25, 0.3) is 0 Å². The fraction of sp³-hybridized carbons (Fsp3) is 0.462. The molecule has 0 unspecified atom stereocenters. The third-order valence-corrected chi connectivity index (χ3v) is 3.10. The van der Waals surface area contributed by atoms with Gasteiger partial charge in [0.1, 0.15) is 5.75 Å². The molecule has 92 valence electrons. The van der Waals surface area contributed by atoms with E-state index in [2.05, 4.69) is 5.32 Å². The molecule has 1 saturated heterocycles. The molecule has 1 aromatic rings. The molecule has 0 spiro atoms. The molecule has 1 heterocycles. The largest absolute Gasteiger partial charge is 0.508 e. The third-order valence-electron chi connectivity index (χ3n) is 3.10. The summed E-state index contributed by atoms with van der Waals surface area (Å²) in [6, 6.07) is 7.07. The number of hydrogen-bond acceptors (Lipinski definition) is 4. The Hall–Kier alpha value is -1.55. The number of phenols is 1. The molecule has 0 bridgehead atoms. The maximum atomic E-state index is 11.8. The van der Waals surface area contributed by atoms with Crippen LogP contribution in [-0.4, -0.2) is 30.8 Å². The standard InChI is InChI=1S/C13H17NO3/c1-2-17-13(16)12-8-14-7-11(12)9-4-3-5-10(15)6-9/h3-6,11-12,14-15H,2,7-8H2,1H3/t11-,12+/m1/s1. The molecule has 4 nitrogen and oxygen atoms in total. The molecule has 4 heteroatoms. The van der Waals surface area contributed by atoms with Crippen molar-refractivity contribution in [1.82, 2.24) is 5.32 Å². The molecule has 1 aliphatic rings. The second kappa shape index (κ2) is 5.19. The summed E-state index contributed by atoms with van der Waals surface area (Å²) in [5, 5.41) is 12.7. The zero-order valence-electron chi connectivity index (χ0n) is 9.85. The Morgan fingerprint density at radius 1 is 1.53 bits per heavy atom. The Kier molecular flexibility index (Phi) is 3.64. The summed E-state index contributed by atoms with van der Waals surface area (Å²) in [7, 11) is 0. The molecule has 1 aliphatic heterocycles. The Morgan fingerprint density at radius 2 is 2.35 bits per heavy atom. The fourth-order valence-electron chi connectivity index (χ4n) is 2.28. The number of nitrogens with one attached hydrogen (secondary N) is 1. The van der Waals surface area contributed by atoms with Gasteiger partial charge in [0.2, 0.25) is 0 Å². The van der Waals surface area contributed by atoms with Crippen LogP contribution in [0.15, 0.2) is 24.3 Å². The SMILES string of the molecule is CCOC(=O)[C@H]1CNC[C@@H]1c1cccc(O)c1. The number of carbonyl (C=O) groups excluding carboxylic acids is 1. The summed E-state index contributed by atoms with van der Waals surface area (Å²) in [6.45, 7) is 3.60. The van der Waals surface area contributed by atoms with Crippen LogP contribution < -0.4 is 5.32 Å². The van der Waals surface area contributed by atoms with Crippen molar-refractivity contribution in [2.45, 2.75) is 12.8 Å². The van der Waals surface area contributed by atoms with Crippen molar-refractivity contribution in [3.63, 3.8) is 0 Å². The second-order valence-corrected chi connectivity index (χ2v) is 4.22. The summed E-state index contributed by atoms with van der Waals surface area (Å²) in [5.41, 5.74) is 0.980. The number of aromatic hydroxyl groups is 1. The predicted molar refractivity (Wildman–Crippen MR) is 63.8 cm³/mol. The number of hydrogen-bond donors (Lipinski definition) is 2. The normalized spacial score (nSPS) is 23.6. The minimum Gasteiger partial charge on any atom is -0.508 e. The molecule has 1 aromatic carbocycles. The summed E-state index contributed by atoms with van der Waals surface area (Å²) < 4.78 is 5.07. The first-order valence-corrected chi connectivity index (χ1v) is 5.88. The van der Waals surface area contributed by atoms with Crippen molar-refractivity contribution < 1.29 is 14.6 Å². The molecule has 2 rings (SSSR count). The number of carbonyl (C=O) groups is 1. The number of benzene rings is 1. The van der Waals surface area contributed by atoms with Crippen LogP contribution >= 0.6 is 0 Å². The van der Waals surface area contributed by atoms with E-state index in [4.69, 9.17) is 4.74 Å². The van der Waals surface area contributed by atoms with Gasteiger partial charge in [0, 0.05) is 19.0 Å². The van der Waals surface area contributed by atoms with Crippen LogP contribution in [-0.2, 0) is 9.53 Å². The van der Waals surface area contributed by atoms with E-state index in [0.717, 1.165) is 12.1 Å². The smallest absolute Gasteiger partial charge is 0.310 e. The lowest BCUT2D eigenvalue weighted by molar-refractivity contribution is -0.147. The van der Waals surface area contributed by atoms with Crippen molar-refractivity contribution in [2.75, 3.05) is 19.7 Å². The number of phenolic OH excluding ortho intramolecular Hbond substituents is 1. The number of rotatable bonds is 3. The first kappa shape index (κ1) is 11.9. The zero-order chi connectivity index (χ0) is 12.3. The topological polar surface area (TPSA) is 58.6 Å². The molecule has 0 saturated carbocycles. The molecule has 17 heavy (non-hydrogen) atoms. The van der Waals surface area contributed by atoms with E-state index in [9.17, 15) is 9.90 Å². The highest BCUT2D eigenvalue weighted by Crippen LogP contribution is 2.30. The molecule has 1 fully saturated rings. The van der Waals surface area contributed by atoms with Crippen LogP contribution in [0.2, 0.25) is 0 Å². The Labute approximate surface area is 101 Å². The second-order valence-electron chi connectivity index (χ2n) is 4.22. The van der Waals surface area contributed by atoms with E-state index in [0.29, 0.717) is 13.2 Å². The van der Waals surface area contributed by atoms with Gasteiger partial charge in [0.25, 0.3) is 0 Å². The third kappa shape index (κ3) is 2.58. The van der Waals surface area contributed by atoms with Crippen LogP contribution in [0, 0.1) is 5.92 Å².